The van der Waals surface area contributed by atoms with Gasteiger partial charge in [0, 0.05) is 11.3 Å². The van der Waals surface area contributed by atoms with E-state index in [4.69, 9.17) is 5.73 Å². The summed E-state index contributed by atoms with van der Waals surface area (Å²) in [4.78, 5) is 0. The Morgan fingerprint density at radius 3 is 2.55 bits per heavy atom. The first-order valence-electron chi connectivity index (χ1n) is 4.08. The van der Waals surface area contributed by atoms with Crippen LogP contribution in [0.15, 0.2) is 11.5 Å². The molecule has 0 saturated carbocycles. The molecule has 0 aromatic heterocycles. The van der Waals surface area contributed by atoms with Crippen LogP contribution in [0, 0.1) is 5.41 Å². The van der Waals surface area contributed by atoms with Gasteiger partial charge in [-0.1, -0.05) is 26.8 Å². The summed E-state index contributed by atoms with van der Waals surface area (Å²) < 4.78 is 0. The SMILES string of the molecule is CC(C)(C)C(N)C1CC=CS1. The van der Waals surface area contributed by atoms with Gasteiger partial charge in [-0.25, -0.2) is 0 Å². The highest BCUT2D eigenvalue weighted by molar-refractivity contribution is 8.03. The third kappa shape index (κ3) is 2.24. The molecule has 0 bridgehead atoms. The Labute approximate surface area is 73.4 Å². The summed E-state index contributed by atoms with van der Waals surface area (Å²) >= 11 is 1.87. The van der Waals surface area contributed by atoms with Crippen LogP contribution >= 0.6 is 11.8 Å². The van der Waals surface area contributed by atoms with E-state index in [1.54, 1.807) is 0 Å². The third-order valence-electron chi connectivity index (χ3n) is 2.12. The summed E-state index contributed by atoms with van der Waals surface area (Å²) in [5.41, 5.74) is 6.33. The molecule has 1 aliphatic heterocycles. The summed E-state index contributed by atoms with van der Waals surface area (Å²) in [5.74, 6) is 0. The highest BCUT2D eigenvalue weighted by Crippen LogP contribution is 2.33. The van der Waals surface area contributed by atoms with Gasteiger partial charge >= 0.3 is 0 Å². The monoisotopic (exact) mass is 171 g/mol. The minimum atomic E-state index is 0.240. The molecule has 2 N–H and O–H groups in total. The first kappa shape index (κ1) is 9.14. The topological polar surface area (TPSA) is 26.0 Å². The van der Waals surface area contributed by atoms with E-state index >= 15 is 0 Å². The number of rotatable bonds is 1. The molecule has 1 nitrogen and oxygen atoms in total. The molecule has 1 aliphatic rings. The fraction of sp³-hybridized carbons (Fsp3) is 0.778. The van der Waals surface area contributed by atoms with E-state index in [9.17, 15) is 0 Å². The Morgan fingerprint density at radius 1 is 1.55 bits per heavy atom. The predicted molar refractivity (Wildman–Crippen MR) is 52.6 cm³/mol. The lowest BCUT2D eigenvalue weighted by molar-refractivity contribution is 0.314. The van der Waals surface area contributed by atoms with Crippen LogP contribution in [0.4, 0.5) is 0 Å². The first-order valence-corrected chi connectivity index (χ1v) is 5.02. The minimum absolute atomic E-state index is 0.240. The van der Waals surface area contributed by atoms with Crippen molar-refractivity contribution >= 4 is 11.8 Å². The number of nitrogens with two attached hydrogens (primary N) is 1. The van der Waals surface area contributed by atoms with Gasteiger partial charge in [0.05, 0.1) is 0 Å². The van der Waals surface area contributed by atoms with Gasteiger partial charge < -0.3 is 5.73 Å². The molecule has 1 rings (SSSR count). The molecule has 0 spiro atoms. The van der Waals surface area contributed by atoms with Crippen molar-refractivity contribution in [3.63, 3.8) is 0 Å². The summed E-state index contributed by atoms with van der Waals surface area (Å²) in [6.07, 6.45) is 3.35. The van der Waals surface area contributed by atoms with Gasteiger partial charge in [0.1, 0.15) is 0 Å². The zero-order chi connectivity index (χ0) is 8.48. The van der Waals surface area contributed by atoms with Crippen molar-refractivity contribution in [2.24, 2.45) is 11.1 Å². The maximum absolute atomic E-state index is 6.10. The summed E-state index contributed by atoms with van der Waals surface area (Å²) in [5, 5.41) is 2.77. The Kier molecular flexibility index (Phi) is 2.66. The van der Waals surface area contributed by atoms with Gasteiger partial charge in [0.15, 0.2) is 0 Å². The molecule has 0 aliphatic carbocycles. The smallest absolute Gasteiger partial charge is 0.0280 e. The van der Waals surface area contributed by atoms with Crippen LogP contribution in [-0.2, 0) is 0 Å². The van der Waals surface area contributed by atoms with Gasteiger partial charge in [0.25, 0.3) is 0 Å². The number of hydrogen-bond acceptors (Lipinski definition) is 2. The molecule has 2 atom stereocenters. The van der Waals surface area contributed by atoms with Crippen molar-refractivity contribution < 1.29 is 0 Å². The Hall–Kier alpha value is 0.0500. The number of allylic oxidation sites excluding steroid dienone is 1. The van der Waals surface area contributed by atoms with Gasteiger partial charge in [-0.05, 0) is 17.2 Å². The van der Waals surface area contributed by atoms with E-state index in [0.717, 1.165) is 6.42 Å². The standard InChI is InChI=1S/C9H17NS/c1-9(2,3)8(10)7-5-4-6-11-7/h4,6-8H,5,10H2,1-3H3. The second-order valence-electron chi connectivity index (χ2n) is 4.17. The molecule has 2 heteroatoms. The van der Waals surface area contributed by atoms with Gasteiger partial charge in [0.2, 0.25) is 0 Å². The molecule has 11 heavy (non-hydrogen) atoms. The van der Waals surface area contributed by atoms with Crippen molar-refractivity contribution in [2.75, 3.05) is 0 Å². The highest BCUT2D eigenvalue weighted by Gasteiger charge is 2.29. The van der Waals surface area contributed by atoms with Crippen LogP contribution in [0.2, 0.25) is 0 Å². The number of thioether (sulfide) groups is 1. The molecule has 0 aromatic carbocycles. The molecule has 0 fully saturated rings. The number of hydrogen-bond donors (Lipinski definition) is 1. The molecule has 2 unspecified atom stereocenters. The zero-order valence-electron chi connectivity index (χ0n) is 7.50. The van der Waals surface area contributed by atoms with Crippen LogP contribution in [0.3, 0.4) is 0 Å². The molecule has 0 amide bonds. The minimum Gasteiger partial charge on any atom is -0.326 e. The second-order valence-corrected chi connectivity index (χ2v) is 5.32. The van der Waals surface area contributed by atoms with E-state index in [-0.39, 0.29) is 5.41 Å². The largest absolute Gasteiger partial charge is 0.326 e. The van der Waals surface area contributed by atoms with Crippen LogP contribution in [0.5, 0.6) is 0 Å². The van der Waals surface area contributed by atoms with Crippen LogP contribution in [0.25, 0.3) is 0 Å². The fourth-order valence-corrected chi connectivity index (χ4v) is 2.41. The Bertz CT molecular complexity index is 149. The molecular formula is C9H17NS. The lowest BCUT2D eigenvalue weighted by Gasteiger charge is -2.31. The lowest BCUT2D eigenvalue weighted by Crippen LogP contribution is -2.42. The van der Waals surface area contributed by atoms with Gasteiger partial charge in [-0.15, -0.1) is 11.8 Å². The highest BCUT2D eigenvalue weighted by atomic mass is 32.2. The average Bonchev–Trinajstić information content (AvgIpc) is 2.34. The van der Waals surface area contributed by atoms with Crippen molar-refractivity contribution in [2.45, 2.75) is 38.5 Å². The average molecular weight is 171 g/mol. The normalized spacial score (nSPS) is 27.5. The molecule has 64 valence electrons. The second kappa shape index (κ2) is 3.20. The summed E-state index contributed by atoms with van der Waals surface area (Å²) in [6.45, 7) is 6.61. The Morgan fingerprint density at radius 2 is 2.18 bits per heavy atom. The maximum atomic E-state index is 6.10. The summed E-state index contributed by atoms with van der Waals surface area (Å²) in [6, 6.07) is 0.308. The third-order valence-corrected chi connectivity index (χ3v) is 3.30. The van der Waals surface area contributed by atoms with E-state index in [2.05, 4.69) is 32.3 Å². The molecule has 0 aromatic rings. The van der Waals surface area contributed by atoms with E-state index in [0.29, 0.717) is 11.3 Å². The quantitative estimate of drug-likeness (QED) is 0.655. The molecule has 1 heterocycles. The van der Waals surface area contributed by atoms with Crippen molar-refractivity contribution in [1.82, 2.24) is 0 Å². The maximum Gasteiger partial charge on any atom is 0.0280 e. The van der Waals surface area contributed by atoms with E-state index < -0.39 is 0 Å². The van der Waals surface area contributed by atoms with Crippen molar-refractivity contribution in [3.05, 3.63) is 11.5 Å². The molecule has 0 radical (unpaired) electrons. The fourth-order valence-electron chi connectivity index (χ4n) is 1.19. The van der Waals surface area contributed by atoms with Crippen molar-refractivity contribution in [3.8, 4) is 0 Å². The van der Waals surface area contributed by atoms with Crippen LogP contribution in [-0.4, -0.2) is 11.3 Å². The molecular weight excluding hydrogens is 154 g/mol. The van der Waals surface area contributed by atoms with E-state index in [1.165, 1.54) is 0 Å². The molecule has 0 saturated heterocycles. The van der Waals surface area contributed by atoms with Crippen molar-refractivity contribution in [1.29, 1.82) is 0 Å². The van der Waals surface area contributed by atoms with Gasteiger partial charge in [-0.3, -0.25) is 0 Å². The zero-order valence-corrected chi connectivity index (χ0v) is 8.32. The lowest BCUT2D eigenvalue weighted by atomic mass is 9.84. The Balaban J connectivity index is 2.48. The summed E-state index contributed by atoms with van der Waals surface area (Å²) in [7, 11) is 0. The van der Waals surface area contributed by atoms with Gasteiger partial charge in [-0.2, -0.15) is 0 Å². The van der Waals surface area contributed by atoms with Crippen LogP contribution < -0.4 is 5.73 Å². The van der Waals surface area contributed by atoms with Crippen LogP contribution in [0.1, 0.15) is 27.2 Å². The predicted octanol–water partition coefficient (Wildman–Crippen LogP) is 2.38. The first-order chi connectivity index (χ1) is 5.02. The van der Waals surface area contributed by atoms with E-state index in [1.807, 2.05) is 11.8 Å².